The monoisotopic (exact) mass is 198 g/mol. The first-order valence-corrected chi connectivity index (χ1v) is 4.14. The first kappa shape index (κ1) is 10.4. The number of halogens is 1. The summed E-state index contributed by atoms with van der Waals surface area (Å²) in [6, 6.07) is 1.16. The molecule has 0 aromatic carbocycles. The lowest BCUT2D eigenvalue weighted by Crippen LogP contribution is -2.34. The Morgan fingerprint density at radius 2 is 2.36 bits per heavy atom. The summed E-state index contributed by atoms with van der Waals surface area (Å²) in [7, 11) is 0. The molecule has 2 N–H and O–H groups in total. The molecule has 1 rings (SSSR count). The van der Waals surface area contributed by atoms with E-state index >= 15 is 0 Å². The van der Waals surface area contributed by atoms with Gasteiger partial charge in [0, 0.05) is 12.6 Å². The van der Waals surface area contributed by atoms with Crippen LogP contribution in [0.4, 0.5) is 10.2 Å². The minimum Gasteiger partial charge on any atom is -0.368 e. The van der Waals surface area contributed by atoms with Crippen LogP contribution in [0.3, 0.4) is 0 Å². The summed E-state index contributed by atoms with van der Waals surface area (Å²) in [5, 5.41) is 0. The van der Waals surface area contributed by atoms with E-state index in [4.69, 9.17) is 5.73 Å². The van der Waals surface area contributed by atoms with Gasteiger partial charge in [0.15, 0.2) is 0 Å². The van der Waals surface area contributed by atoms with Gasteiger partial charge in [0.1, 0.15) is 12.1 Å². The van der Waals surface area contributed by atoms with Gasteiger partial charge in [-0.05, 0) is 6.92 Å². The van der Waals surface area contributed by atoms with Crippen LogP contribution in [-0.2, 0) is 4.79 Å². The molecule has 6 heteroatoms. The molecule has 0 saturated carbocycles. The van der Waals surface area contributed by atoms with Crippen LogP contribution < -0.4 is 10.6 Å². The van der Waals surface area contributed by atoms with Gasteiger partial charge >= 0.3 is 0 Å². The molecule has 0 aliphatic carbocycles. The Morgan fingerprint density at radius 3 is 2.86 bits per heavy atom. The normalized spacial score (nSPS) is 9.86. The van der Waals surface area contributed by atoms with Crippen molar-refractivity contribution in [2.24, 2.45) is 5.73 Å². The molecule has 0 aliphatic heterocycles. The molecule has 1 aromatic heterocycles. The minimum absolute atomic E-state index is 0.0208. The fourth-order valence-electron chi connectivity index (χ4n) is 1.04. The number of carbonyl (C=O) groups excluding carboxylic acids is 1. The maximum atomic E-state index is 12.7. The van der Waals surface area contributed by atoms with Crippen LogP contribution >= 0.6 is 0 Å². The Morgan fingerprint density at radius 1 is 1.64 bits per heavy atom. The van der Waals surface area contributed by atoms with Crippen molar-refractivity contribution in [1.82, 2.24) is 9.97 Å². The number of anilines is 1. The van der Waals surface area contributed by atoms with E-state index in [1.165, 1.54) is 0 Å². The number of hydrogen-bond donors (Lipinski definition) is 1. The second-order valence-electron chi connectivity index (χ2n) is 2.68. The highest BCUT2D eigenvalue weighted by atomic mass is 19.1. The Hall–Kier alpha value is -1.72. The average Bonchev–Trinajstić information content (AvgIpc) is 2.14. The highest BCUT2D eigenvalue weighted by Gasteiger charge is 2.09. The fraction of sp³-hybridized carbons (Fsp3) is 0.375. The van der Waals surface area contributed by atoms with E-state index in [0.29, 0.717) is 12.4 Å². The van der Waals surface area contributed by atoms with Crippen molar-refractivity contribution in [2.45, 2.75) is 6.92 Å². The summed E-state index contributed by atoms with van der Waals surface area (Å²) in [6.07, 6.45) is 1.11. The van der Waals surface area contributed by atoms with Gasteiger partial charge in [-0.2, -0.15) is 4.39 Å². The van der Waals surface area contributed by atoms with Crippen molar-refractivity contribution in [3.63, 3.8) is 0 Å². The second kappa shape index (κ2) is 4.50. The van der Waals surface area contributed by atoms with Crippen LogP contribution in [-0.4, -0.2) is 29.0 Å². The number of rotatable bonds is 4. The first-order valence-electron chi connectivity index (χ1n) is 4.14. The molecule has 0 spiro atoms. The Kier molecular flexibility index (Phi) is 3.33. The Labute approximate surface area is 80.8 Å². The smallest absolute Gasteiger partial charge is 0.236 e. The van der Waals surface area contributed by atoms with E-state index in [-0.39, 0.29) is 6.54 Å². The van der Waals surface area contributed by atoms with E-state index in [0.717, 1.165) is 12.4 Å². The quantitative estimate of drug-likeness (QED) is 0.687. The molecule has 5 nitrogen and oxygen atoms in total. The number of primary amides is 1. The maximum Gasteiger partial charge on any atom is 0.236 e. The topological polar surface area (TPSA) is 72.1 Å². The molecule has 0 unspecified atom stereocenters. The summed E-state index contributed by atoms with van der Waals surface area (Å²) in [5.41, 5.74) is 5.03. The van der Waals surface area contributed by atoms with Gasteiger partial charge < -0.3 is 10.6 Å². The van der Waals surface area contributed by atoms with Gasteiger partial charge in [-0.25, -0.2) is 9.97 Å². The molecule has 0 bridgehead atoms. The zero-order valence-electron chi connectivity index (χ0n) is 7.77. The SMILES string of the molecule is CCN(CC(N)=O)c1cc(F)ncn1. The maximum absolute atomic E-state index is 12.7. The third-order valence-corrected chi connectivity index (χ3v) is 1.67. The molecule has 0 fully saturated rings. The van der Waals surface area contributed by atoms with Crippen LogP contribution in [0.25, 0.3) is 0 Å². The molecule has 1 amide bonds. The van der Waals surface area contributed by atoms with Crippen LogP contribution in [0, 0.1) is 5.95 Å². The van der Waals surface area contributed by atoms with Crippen molar-refractivity contribution in [1.29, 1.82) is 0 Å². The predicted octanol–water partition coefficient (Wildman–Crippen LogP) is -0.0727. The van der Waals surface area contributed by atoms with Crippen LogP contribution in [0.15, 0.2) is 12.4 Å². The van der Waals surface area contributed by atoms with E-state index < -0.39 is 11.9 Å². The number of amides is 1. The lowest BCUT2D eigenvalue weighted by molar-refractivity contribution is -0.116. The van der Waals surface area contributed by atoms with Gasteiger partial charge in [-0.1, -0.05) is 0 Å². The number of likely N-dealkylation sites (N-methyl/N-ethyl adjacent to an activating group) is 1. The first-order chi connectivity index (χ1) is 6.63. The molecular weight excluding hydrogens is 187 g/mol. The van der Waals surface area contributed by atoms with E-state index in [9.17, 15) is 9.18 Å². The molecule has 76 valence electrons. The van der Waals surface area contributed by atoms with Crippen molar-refractivity contribution in [2.75, 3.05) is 18.0 Å². The molecule has 1 aromatic rings. The largest absolute Gasteiger partial charge is 0.368 e. The molecule has 0 saturated heterocycles. The van der Waals surface area contributed by atoms with Crippen LogP contribution in [0.1, 0.15) is 6.92 Å². The minimum atomic E-state index is -0.627. The Balaban J connectivity index is 2.83. The van der Waals surface area contributed by atoms with Gasteiger partial charge in [0.25, 0.3) is 0 Å². The number of carbonyl (C=O) groups is 1. The standard InChI is InChI=1S/C8H11FN4O/c1-2-13(4-7(10)14)8-3-6(9)11-5-12-8/h3,5H,2,4H2,1H3,(H2,10,14). The lowest BCUT2D eigenvalue weighted by Gasteiger charge is -2.19. The molecule has 0 atom stereocenters. The Bertz CT molecular complexity index is 331. The third-order valence-electron chi connectivity index (χ3n) is 1.67. The zero-order chi connectivity index (χ0) is 10.6. The molecule has 0 radical (unpaired) electrons. The summed E-state index contributed by atoms with van der Waals surface area (Å²) in [6.45, 7) is 2.37. The summed E-state index contributed by atoms with van der Waals surface area (Å²) >= 11 is 0. The molecule has 0 aliphatic rings. The summed E-state index contributed by atoms with van der Waals surface area (Å²) < 4.78 is 12.7. The number of nitrogens with two attached hydrogens (primary N) is 1. The number of nitrogens with zero attached hydrogens (tertiary/aromatic N) is 3. The zero-order valence-corrected chi connectivity index (χ0v) is 7.77. The van der Waals surface area contributed by atoms with Gasteiger partial charge in [-0.15, -0.1) is 0 Å². The van der Waals surface area contributed by atoms with Crippen LogP contribution in [0.2, 0.25) is 0 Å². The number of hydrogen-bond acceptors (Lipinski definition) is 4. The van der Waals surface area contributed by atoms with E-state index in [1.54, 1.807) is 4.90 Å². The van der Waals surface area contributed by atoms with Gasteiger partial charge in [-0.3, -0.25) is 4.79 Å². The molecule has 14 heavy (non-hydrogen) atoms. The summed E-state index contributed by atoms with van der Waals surface area (Å²) in [5.74, 6) is -0.748. The van der Waals surface area contributed by atoms with Crippen LogP contribution in [0.5, 0.6) is 0 Å². The van der Waals surface area contributed by atoms with E-state index in [2.05, 4.69) is 9.97 Å². The van der Waals surface area contributed by atoms with E-state index in [1.807, 2.05) is 6.92 Å². The predicted molar refractivity (Wildman–Crippen MR) is 49.1 cm³/mol. The van der Waals surface area contributed by atoms with Crippen molar-refractivity contribution in [3.05, 3.63) is 18.3 Å². The van der Waals surface area contributed by atoms with Gasteiger partial charge in [0.05, 0.1) is 6.54 Å². The molecule has 1 heterocycles. The van der Waals surface area contributed by atoms with Gasteiger partial charge in [0.2, 0.25) is 11.9 Å². The number of aromatic nitrogens is 2. The second-order valence-corrected chi connectivity index (χ2v) is 2.68. The summed E-state index contributed by atoms with van der Waals surface area (Å²) in [4.78, 5) is 19.4. The van der Waals surface area contributed by atoms with Crippen molar-refractivity contribution >= 4 is 11.7 Å². The molecular formula is C8H11FN4O. The van der Waals surface area contributed by atoms with Crippen molar-refractivity contribution < 1.29 is 9.18 Å². The fourth-order valence-corrected chi connectivity index (χ4v) is 1.04. The average molecular weight is 198 g/mol. The van der Waals surface area contributed by atoms with Crippen molar-refractivity contribution in [3.8, 4) is 0 Å². The highest BCUT2D eigenvalue weighted by molar-refractivity contribution is 5.79. The third kappa shape index (κ3) is 2.65. The highest BCUT2D eigenvalue weighted by Crippen LogP contribution is 2.08. The lowest BCUT2D eigenvalue weighted by atomic mass is 10.4.